The van der Waals surface area contributed by atoms with Crippen molar-refractivity contribution < 1.29 is 19.1 Å². The van der Waals surface area contributed by atoms with Crippen molar-refractivity contribution >= 4 is 12.1 Å². The maximum atomic E-state index is 11.6. The summed E-state index contributed by atoms with van der Waals surface area (Å²) in [6.45, 7) is 5.07. The number of benzene rings is 1. The number of carbonyl (C=O) groups is 2. The van der Waals surface area contributed by atoms with E-state index in [0.717, 1.165) is 5.56 Å². The molecule has 1 aromatic rings. The number of nitrogens with two attached hydrogens (primary N) is 1. The van der Waals surface area contributed by atoms with Gasteiger partial charge in [0.1, 0.15) is 11.6 Å². The molecule has 0 fully saturated rings. The van der Waals surface area contributed by atoms with Gasteiger partial charge in [-0.1, -0.05) is 30.3 Å². The van der Waals surface area contributed by atoms with Crippen molar-refractivity contribution in [3.63, 3.8) is 0 Å². The quantitative estimate of drug-likeness (QED) is 0.676. The molecule has 5 nitrogen and oxygen atoms in total. The van der Waals surface area contributed by atoms with E-state index in [1.807, 2.05) is 30.3 Å². The summed E-state index contributed by atoms with van der Waals surface area (Å²) in [4.78, 5) is 22.9. The van der Waals surface area contributed by atoms with E-state index in [9.17, 15) is 9.59 Å². The highest BCUT2D eigenvalue weighted by atomic mass is 16.7. The van der Waals surface area contributed by atoms with Crippen molar-refractivity contribution in [3.05, 3.63) is 35.9 Å². The molecule has 1 rings (SSSR count). The molecule has 0 radical (unpaired) electrons. The first-order chi connectivity index (χ1) is 9.28. The van der Waals surface area contributed by atoms with Gasteiger partial charge in [-0.3, -0.25) is 0 Å². The third-order valence-electron chi connectivity index (χ3n) is 2.46. The Morgan fingerprint density at radius 1 is 1.20 bits per heavy atom. The molecule has 1 atom stereocenters. The molecule has 0 spiro atoms. The second kappa shape index (κ2) is 7.05. The van der Waals surface area contributed by atoms with Gasteiger partial charge in [-0.25, -0.2) is 9.59 Å². The largest absolute Gasteiger partial charge is 0.516 e. The van der Waals surface area contributed by atoms with Crippen molar-refractivity contribution in [2.45, 2.75) is 45.3 Å². The Labute approximate surface area is 119 Å². The van der Waals surface area contributed by atoms with E-state index in [-0.39, 0.29) is 0 Å². The maximum Gasteiger partial charge on any atom is 0.516 e. The standard InChI is InChI=1S/C15H21NO4/c1-15(2,3)20-14(18)19-13(17)12(16)10-9-11-7-5-4-6-8-11/h4-8,12H,9-10,16H2,1-3H3/t12-/m0/s1. The van der Waals surface area contributed by atoms with Crippen LogP contribution in [0.4, 0.5) is 4.79 Å². The number of hydrogen-bond acceptors (Lipinski definition) is 5. The smallest absolute Gasteiger partial charge is 0.428 e. The topological polar surface area (TPSA) is 78.6 Å². The highest BCUT2D eigenvalue weighted by Gasteiger charge is 2.23. The van der Waals surface area contributed by atoms with Crippen LogP contribution in [0.1, 0.15) is 32.8 Å². The van der Waals surface area contributed by atoms with Crippen LogP contribution in [0.3, 0.4) is 0 Å². The summed E-state index contributed by atoms with van der Waals surface area (Å²) in [6.07, 6.45) is 0.0366. The minimum atomic E-state index is -1.02. The van der Waals surface area contributed by atoms with Crippen LogP contribution in [0.2, 0.25) is 0 Å². The van der Waals surface area contributed by atoms with E-state index < -0.39 is 23.8 Å². The Balaban J connectivity index is 2.38. The molecule has 0 saturated carbocycles. The highest BCUT2D eigenvalue weighted by molar-refractivity contribution is 5.85. The van der Waals surface area contributed by atoms with E-state index in [4.69, 9.17) is 10.5 Å². The lowest BCUT2D eigenvalue weighted by Crippen LogP contribution is -2.36. The van der Waals surface area contributed by atoms with Crippen LogP contribution < -0.4 is 5.73 Å². The Hall–Kier alpha value is -1.88. The first-order valence-corrected chi connectivity index (χ1v) is 6.52. The van der Waals surface area contributed by atoms with Gasteiger partial charge in [0.25, 0.3) is 0 Å². The fourth-order valence-electron chi connectivity index (χ4n) is 1.51. The molecule has 0 unspecified atom stereocenters. The zero-order chi connectivity index (χ0) is 15.2. The number of hydrogen-bond donors (Lipinski definition) is 1. The Morgan fingerprint density at radius 2 is 1.80 bits per heavy atom. The van der Waals surface area contributed by atoms with E-state index >= 15 is 0 Å². The summed E-state index contributed by atoms with van der Waals surface area (Å²) in [5.74, 6) is -0.768. The van der Waals surface area contributed by atoms with E-state index in [2.05, 4.69) is 4.74 Å². The van der Waals surface area contributed by atoms with Crippen LogP contribution in [-0.2, 0) is 20.7 Å². The molecule has 110 valence electrons. The Bertz CT molecular complexity index is 451. The van der Waals surface area contributed by atoms with Gasteiger partial charge in [-0.15, -0.1) is 0 Å². The number of esters is 1. The van der Waals surface area contributed by atoms with Crippen molar-refractivity contribution in [3.8, 4) is 0 Å². The van der Waals surface area contributed by atoms with Crippen LogP contribution in [0.15, 0.2) is 30.3 Å². The number of rotatable bonds is 4. The molecule has 0 amide bonds. The van der Waals surface area contributed by atoms with Gasteiger partial charge >= 0.3 is 12.1 Å². The van der Waals surface area contributed by atoms with Crippen molar-refractivity contribution in [2.24, 2.45) is 5.73 Å². The Morgan fingerprint density at radius 3 is 2.35 bits per heavy atom. The predicted octanol–water partition coefficient (Wildman–Crippen LogP) is 2.42. The summed E-state index contributed by atoms with van der Waals surface area (Å²) in [5, 5.41) is 0. The van der Waals surface area contributed by atoms with Gasteiger partial charge in [0, 0.05) is 0 Å². The molecule has 2 N–H and O–H groups in total. The van der Waals surface area contributed by atoms with Gasteiger partial charge in [0.05, 0.1) is 0 Å². The minimum Gasteiger partial charge on any atom is -0.428 e. The lowest BCUT2D eigenvalue weighted by Gasteiger charge is -2.19. The summed E-state index contributed by atoms with van der Waals surface area (Å²) < 4.78 is 9.44. The van der Waals surface area contributed by atoms with Gasteiger partial charge in [-0.05, 0) is 39.2 Å². The normalized spacial score (nSPS) is 12.6. The zero-order valence-corrected chi connectivity index (χ0v) is 12.1. The lowest BCUT2D eigenvalue weighted by molar-refractivity contribution is -0.143. The molecular weight excluding hydrogens is 258 g/mol. The first-order valence-electron chi connectivity index (χ1n) is 6.52. The molecule has 0 aromatic heterocycles. The average molecular weight is 279 g/mol. The lowest BCUT2D eigenvalue weighted by atomic mass is 10.1. The van der Waals surface area contributed by atoms with E-state index in [0.29, 0.717) is 12.8 Å². The van der Waals surface area contributed by atoms with Crippen molar-refractivity contribution in [1.29, 1.82) is 0 Å². The molecule has 0 aliphatic carbocycles. The fourth-order valence-corrected chi connectivity index (χ4v) is 1.51. The highest BCUT2D eigenvalue weighted by Crippen LogP contribution is 2.09. The summed E-state index contributed by atoms with van der Waals surface area (Å²) in [6, 6.07) is 8.81. The molecule has 0 aliphatic rings. The second-order valence-corrected chi connectivity index (χ2v) is 5.52. The number of aryl methyl sites for hydroxylation is 1. The zero-order valence-electron chi connectivity index (χ0n) is 12.1. The first kappa shape index (κ1) is 16.2. The number of ether oxygens (including phenoxy) is 2. The second-order valence-electron chi connectivity index (χ2n) is 5.52. The van der Waals surface area contributed by atoms with Crippen LogP contribution >= 0.6 is 0 Å². The molecule has 0 bridgehead atoms. The summed E-state index contributed by atoms with van der Waals surface area (Å²) in [5.41, 5.74) is 6.07. The van der Waals surface area contributed by atoms with Gasteiger partial charge in [0.2, 0.25) is 0 Å². The molecule has 0 heterocycles. The monoisotopic (exact) mass is 279 g/mol. The fraction of sp³-hybridized carbons (Fsp3) is 0.467. The predicted molar refractivity (Wildman–Crippen MR) is 75.1 cm³/mol. The maximum absolute atomic E-state index is 11.6. The van der Waals surface area contributed by atoms with E-state index in [1.54, 1.807) is 20.8 Å². The van der Waals surface area contributed by atoms with Crippen LogP contribution in [0, 0.1) is 0 Å². The SMILES string of the molecule is CC(C)(C)OC(=O)OC(=O)[C@@H](N)CCc1ccccc1. The molecule has 1 aromatic carbocycles. The summed E-state index contributed by atoms with van der Waals surface area (Å²) in [7, 11) is 0. The van der Waals surface area contributed by atoms with Crippen molar-refractivity contribution in [1.82, 2.24) is 0 Å². The van der Waals surface area contributed by atoms with Crippen molar-refractivity contribution in [2.75, 3.05) is 0 Å². The minimum absolute atomic E-state index is 0.408. The molecule has 0 aliphatic heterocycles. The third kappa shape index (κ3) is 6.33. The van der Waals surface area contributed by atoms with Gasteiger partial charge in [-0.2, -0.15) is 0 Å². The molecular formula is C15H21NO4. The molecule has 0 saturated heterocycles. The number of carbonyl (C=O) groups excluding carboxylic acids is 2. The van der Waals surface area contributed by atoms with Crippen LogP contribution in [0.25, 0.3) is 0 Å². The van der Waals surface area contributed by atoms with Crippen LogP contribution in [-0.4, -0.2) is 23.8 Å². The van der Waals surface area contributed by atoms with Gasteiger partial charge < -0.3 is 15.2 Å². The average Bonchev–Trinajstić information content (AvgIpc) is 2.34. The van der Waals surface area contributed by atoms with E-state index in [1.165, 1.54) is 0 Å². The van der Waals surface area contributed by atoms with Crippen LogP contribution in [0.5, 0.6) is 0 Å². The summed E-state index contributed by atoms with van der Waals surface area (Å²) >= 11 is 0. The molecule has 5 heteroatoms. The Kier molecular flexibility index (Phi) is 5.70. The molecule has 20 heavy (non-hydrogen) atoms. The van der Waals surface area contributed by atoms with Gasteiger partial charge in [0.15, 0.2) is 0 Å². The third-order valence-corrected chi connectivity index (χ3v) is 2.46.